The van der Waals surface area contributed by atoms with E-state index in [-0.39, 0.29) is 11.7 Å². The van der Waals surface area contributed by atoms with Crippen molar-refractivity contribution in [2.24, 2.45) is 5.92 Å². The lowest BCUT2D eigenvalue weighted by molar-refractivity contribution is -0.117. The Balaban J connectivity index is 2.00. The van der Waals surface area contributed by atoms with E-state index in [0.717, 1.165) is 11.9 Å². The smallest absolute Gasteiger partial charge is 0.338 e. The molecule has 1 aromatic heterocycles. The molecule has 0 bridgehead atoms. The van der Waals surface area contributed by atoms with Gasteiger partial charge in [0.1, 0.15) is 0 Å². The number of imidazole rings is 1. The molecule has 1 aromatic carbocycles. The number of aryl methyl sites for hydroxylation is 1. The zero-order valence-electron chi connectivity index (χ0n) is 17.3. The SMILES string of the molecule is CCOC(=O)c1ccc2c(c1)nc(SCC(=O)NC(=O)NCCC(C)C)n2CC. The summed E-state index contributed by atoms with van der Waals surface area (Å²) in [7, 11) is 0. The van der Waals surface area contributed by atoms with E-state index in [2.05, 4.69) is 29.5 Å². The summed E-state index contributed by atoms with van der Waals surface area (Å²) in [6, 6.07) is 4.73. The number of benzene rings is 1. The van der Waals surface area contributed by atoms with Crippen LogP contribution in [0.2, 0.25) is 0 Å². The van der Waals surface area contributed by atoms with Crippen molar-refractivity contribution in [3.63, 3.8) is 0 Å². The molecule has 0 saturated carbocycles. The Labute approximate surface area is 174 Å². The maximum atomic E-state index is 12.1. The molecule has 0 spiro atoms. The first-order valence-corrected chi connectivity index (χ1v) is 10.7. The van der Waals surface area contributed by atoms with Crippen LogP contribution in [0.5, 0.6) is 0 Å². The van der Waals surface area contributed by atoms with Crippen molar-refractivity contribution in [3.05, 3.63) is 23.8 Å². The summed E-state index contributed by atoms with van der Waals surface area (Å²) in [6.45, 7) is 9.36. The number of nitrogens with one attached hydrogen (secondary N) is 2. The molecule has 3 amide bonds. The number of ether oxygens (including phenoxy) is 1. The van der Waals surface area contributed by atoms with E-state index in [0.29, 0.717) is 41.9 Å². The number of nitrogens with zero attached hydrogens (tertiary/aromatic N) is 2. The highest BCUT2D eigenvalue weighted by atomic mass is 32.2. The minimum absolute atomic E-state index is 0.0612. The average molecular weight is 421 g/mol. The highest BCUT2D eigenvalue weighted by molar-refractivity contribution is 7.99. The van der Waals surface area contributed by atoms with E-state index in [9.17, 15) is 14.4 Å². The fourth-order valence-electron chi connectivity index (χ4n) is 2.68. The van der Waals surface area contributed by atoms with Gasteiger partial charge in [0.2, 0.25) is 5.91 Å². The van der Waals surface area contributed by atoms with Gasteiger partial charge in [0.05, 0.1) is 29.0 Å². The van der Waals surface area contributed by atoms with Crippen molar-refractivity contribution in [2.75, 3.05) is 18.9 Å². The van der Waals surface area contributed by atoms with Crippen LogP contribution in [0.3, 0.4) is 0 Å². The molecule has 2 aromatic rings. The van der Waals surface area contributed by atoms with E-state index in [1.807, 2.05) is 17.6 Å². The van der Waals surface area contributed by atoms with Gasteiger partial charge in [0, 0.05) is 13.1 Å². The Morgan fingerprint density at radius 1 is 1.24 bits per heavy atom. The summed E-state index contributed by atoms with van der Waals surface area (Å²) in [5.41, 5.74) is 1.97. The highest BCUT2D eigenvalue weighted by Crippen LogP contribution is 2.25. The van der Waals surface area contributed by atoms with Crippen molar-refractivity contribution in [1.82, 2.24) is 20.2 Å². The van der Waals surface area contributed by atoms with Gasteiger partial charge in [-0.3, -0.25) is 10.1 Å². The monoisotopic (exact) mass is 420 g/mol. The Morgan fingerprint density at radius 2 is 2.00 bits per heavy atom. The van der Waals surface area contributed by atoms with Crippen LogP contribution in [0.4, 0.5) is 4.79 Å². The average Bonchev–Trinajstić information content (AvgIpc) is 3.02. The molecule has 0 atom stereocenters. The molecule has 2 rings (SSSR count). The molecule has 0 aliphatic carbocycles. The number of urea groups is 1. The summed E-state index contributed by atoms with van der Waals surface area (Å²) < 4.78 is 6.99. The van der Waals surface area contributed by atoms with Gasteiger partial charge in [0.15, 0.2) is 5.16 Å². The molecule has 158 valence electrons. The van der Waals surface area contributed by atoms with Crippen LogP contribution in [0, 0.1) is 5.92 Å². The lowest BCUT2D eigenvalue weighted by atomic mass is 10.1. The van der Waals surface area contributed by atoms with Crippen molar-refractivity contribution < 1.29 is 19.1 Å². The molecule has 0 fully saturated rings. The van der Waals surface area contributed by atoms with Gasteiger partial charge in [-0.1, -0.05) is 25.6 Å². The lowest BCUT2D eigenvalue weighted by Gasteiger charge is -2.08. The number of amides is 3. The zero-order valence-corrected chi connectivity index (χ0v) is 18.1. The quantitative estimate of drug-likeness (QED) is 0.477. The number of rotatable bonds is 9. The Kier molecular flexibility index (Phi) is 8.50. The standard InChI is InChI=1S/C20H28N4O4S/c1-5-24-16-8-7-14(18(26)28-6-2)11-15(16)22-20(24)29-12-17(25)23-19(27)21-10-9-13(3)4/h7-8,11,13H,5-6,9-10,12H2,1-4H3,(H2,21,23,25,27). The second-order valence-electron chi connectivity index (χ2n) is 6.84. The summed E-state index contributed by atoms with van der Waals surface area (Å²) in [5.74, 6) is -0.240. The molecule has 2 N–H and O–H groups in total. The largest absolute Gasteiger partial charge is 0.462 e. The van der Waals surface area contributed by atoms with Gasteiger partial charge in [-0.05, 0) is 44.4 Å². The van der Waals surface area contributed by atoms with Crippen molar-refractivity contribution in [2.45, 2.75) is 45.8 Å². The second kappa shape index (κ2) is 10.8. The number of aromatic nitrogens is 2. The number of fused-ring (bicyclic) bond motifs is 1. The van der Waals surface area contributed by atoms with E-state index >= 15 is 0 Å². The summed E-state index contributed by atoms with van der Waals surface area (Å²) in [6.07, 6.45) is 0.852. The van der Waals surface area contributed by atoms with Crippen LogP contribution in [-0.4, -0.2) is 46.4 Å². The number of hydrogen-bond acceptors (Lipinski definition) is 6. The molecule has 29 heavy (non-hydrogen) atoms. The number of imide groups is 1. The van der Waals surface area contributed by atoms with Crippen LogP contribution in [0.25, 0.3) is 11.0 Å². The third kappa shape index (κ3) is 6.49. The van der Waals surface area contributed by atoms with E-state index < -0.39 is 12.0 Å². The highest BCUT2D eigenvalue weighted by Gasteiger charge is 2.15. The summed E-state index contributed by atoms with van der Waals surface area (Å²) in [5, 5.41) is 5.65. The predicted octanol–water partition coefficient (Wildman–Crippen LogP) is 3.20. The molecule has 8 nitrogen and oxygen atoms in total. The minimum Gasteiger partial charge on any atom is -0.462 e. The molecule has 0 aliphatic rings. The van der Waals surface area contributed by atoms with E-state index in [4.69, 9.17) is 4.74 Å². The van der Waals surface area contributed by atoms with Gasteiger partial charge in [-0.15, -0.1) is 0 Å². The van der Waals surface area contributed by atoms with Gasteiger partial charge < -0.3 is 14.6 Å². The molecule has 0 unspecified atom stereocenters. The van der Waals surface area contributed by atoms with Crippen LogP contribution in [-0.2, 0) is 16.1 Å². The van der Waals surface area contributed by atoms with Gasteiger partial charge in [0.25, 0.3) is 0 Å². The van der Waals surface area contributed by atoms with Crippen LogP contribution < -0.4 is 10.6 Å². The second-order valence-corrected chi connectivity index (χ2v) is 7.78. The van der Waals surface area contributed by atoms with Gasteiger partial charge in [-0.2, -0.15) is 0 Å². The third-order valence-corrected chi connectivity index (χ3v) is 5.11. The first-order chi connectivity index (χ1) is 13.8. The third-order valence-electron chi connectivity index (χ3n) is 4.13. The Bertz CT molecular complexity index is 879. The lowest BCUT2D eigenvalue weighted by Crippen LogP contribution is -2.40. The molecular formula is C20H28N4O4S. The topological polar surface area (TPSA) is 102 Å². The number of carbonyl (C=O) groups excluding carboxylic acids is 3. The van der Waals surface area contributed by atoms with Crippen LogP contribution in [0.15, 0.2) is 23.4 Å². The van der Waals surface area contributed by atoms with Crippen molar-refractivity contribution in [1.29, 1.82) is 0 Å². The van der Waals surface area contributed by atoms with Gasteiger partial charge in [-0.25, -0.2) is 14.6 Å². The summed E-state index contributed by atoms with van der Waals surface area (Å²) in [4.78, 5) is 40.3. The first-order valence-electron chi connectivity index (χ1n) is 9.73. The zero-order chi connectivity index (χ0) is 21.4. The minimum atomic E-state index is -0.487. The summed E-state index contributed by atoms with van der Waals surface area (Å²) >= 11 is 1.24. The number of carbonyl (C=O) groups is 3. The molecule has 0 aliphatic heterocycles. The molecule has 0 radical (unpaired) electrons. The predicted molar refractivity (Wildman–Crippen MR) is 113 cm³/mol. The van der Waals surface area contributed by atoms with Crippen molar-refractivity contribution in [3.8, 4) is 0 Å². The fourth-order valence-corrected chi connectivity index (χ4v) is 3.55. The maximum Gasteiger partial charge on any atom is 0.338 e. The molecular weight excluding hydrogens is 392 g/mol. The molecule has 0 saturated heterocycles. The normalized spacial score (nSPS) is 10.9. The molecule has 9 heteroatoms. The van der Waals surface area contributed by atoms with Crippen LogP contribution in [0.1, 0.15) is 44.5 Å². The van der Waals surface area contributed by atoms with Crippen LogP contribution >= 0.6 is 11.8 Å². The fraction of sp³-hybridized carbons (Fsp3) is 0.500. The van der Waals surface area contributed by atoms with Crippen molar-refractivity contribution >= 4 is 40.7 Å². The maximum absolute atomic E-state index is 12.1. The number of esters is 1. The van der Waals surface area contributed by atoms with Gasteiger partial charge >= 0.3 is 12.0 Å². The Hall–Kier alpha value is -2.55. The molecule has 1 heterocycles. The Morgan fingerprint density at radius 3 is 2.66 bits per heavy atom. The number of hydrogen-bond donors (Lipinski definition) is 2. The van der Waals surface area contributed by atoms with E-state index in [1.54, 1.807) is 19.1 Å². The van der Waals surface area contributed by atoms with E-state index in [1.165, 1.54) is 11.8 Å². The first kappa shape index (κ1) is 22.7. The number of thioether (sulfide) groups is 1.